The minimum Gasteiger partial charge on any atom is -0.494 e. The van der Waals surface area contributed by atoms with E-state index in [4.69, 9.17) is 4.74 Å². The number of hydrogen-bond donors (Lipinski definition) is 1. The quantitative estimate of drug-likeness (QED) is 0.849. The summed E-state index contributed by atoms with van der Waals surface area (Å²) in [6.45, 7) is 5.01. The van der Waals surface area contributed by atoms with E-state index in [1.807, 2.05) is 25.1 Å². The van der Waals surface area contributed by atoms with Crippen molar-refractivity contribution in [3.63, 3.8) is 0 Å². The van der Waals surface area contributed by atoms with Gasteiger partial charge in [0.1, 0.15) is 5.75 Å². The highest BCUT2D eigenvalue weighted by atomic mass is 16.5. The lowest BCUT2D eigenvalue weighted by Gasteiger charge is -2.26. The predicted octanol–water partition coefficient (Wildman–Crippen LogP) is 2.21. The zero-order chi connectivity index (χ0) is 12.1. The number of aliphatic hydroxyl groups excluding tert-OH is 1. The van der Waals surface area contributed by atoms with Crippen LogP contribution in [-0.4, -0.2) is 36.3 Å². The summed E-state index contributed by atoms with van der Waals surface area (Å²) in [5.41, 5.74) is 1.15. The van der Waals surface area contributed by atoms with Gasteiger partial charge in [-0.05, 0) is 50.6 Å². The fourth-order valence-corrected chi connectivity index (χ4v) is 2.46. The Morgan fingerprint density at radius 3 is 2.76 bits per heavy atom. The largest absolute Gasteiger partial charge is 0.494 e. The SMILES string of the molecule is CCOc1cccc(C(CO)N2CCCC2)c1. The van der Waals surface area contributed by atoms with Crippen molar-refractivity contribution in [1.82, 2.24) is 4.90 Å². The highest BCUT2D eigenvalue weighted by molar-refractivity contribution is 5.30. The molecule has 0 amide bonds. The highest BCUT2D eigenvalue weighted by Crippen LogP contribution is 2.27. The van der Waals surface area contributed by atoms with Crippen LogP contribution in [0.1, 0.15) is 31.4 Å². The molecule has 0 aliphatic carbocycles. The van der Waals surface area contributed by atoms with Crippen LogP contribution in [-0.2, 0) is 0 Å². The number of ether oxygens (including phenoxy) is 1. The average Bonchev–Trinajstić information content (AvgIpc) is 2.85. The van der Waals surface area contributed by atoms with Crippen LogP contribution >= 0.6 is 0 Å². The Hall–Kier alpha value is -1.06. The lowest BCUT2D eigenvalue weighted by atomic mass is 10.1. The van der Waals surface area contributed by atoms with Gasteiger partial charge in [0.15, 0.2) is 0 Å². The summed E-state index contributed by atoms with van der Waals surface area (Å²) < 4.78 is 5.50. The number of hydrogen-bond acceptors (Lipinski definition) is 3. The van der Waals surface area contributed by atoms with E-state index >= 15 is 0 Å². The van der Waals surface area contributed by atoms with Gasteiger partial charge in [-0.15, -0.1) is 0 Å². The topological polar surface area (TPSA) is 32.7 Å². The standard InChI is InChI=1S/C14H21NO2/c1-2-17-13-7-5-6-12(10-13)14(11-16)15-8-3-4-9-15/h5-7,10,14,16H,2-4,8-9,11H2,1H3. The molecule has 1 aromatic rings. The molecule has 1 saturated heterocycles. The normalized spacial score (nSPS) is 18.2. The first-order chi connectivity index (χ1) is 8.35. The second kappa shape index (κ2) is 6.03. The Balaban J connectivity index is 2.14. The first kappa shape index (κ1) is 12.4. The first-order valence-corrected chi connectivity index (χ1v) is 6.43. The van der Waals surface area contributed by atoms with E-state index in [1.54, 1.807) is 0 Å². The smallest absolute Gasteiger partial charge is 0.119 e. The number of benzene rings is 1. The maximum absolute atomic E-state index is 9.58. The van der Waals surface area contributed by atoms with E-state index in [9.17, 15) is 5.11 Å². The van der Waals surface area contributed by atoms with E-state index in [-0.39, 0.29) is 12.6 Å². The molecule has 1 fully saturated rings. The van der Waals surface area contributed by atoms with Crippen molar-refractivity contribution in [1.29, 1.82) is 0 Å². The Labute approximate surface area is 103 Å². The molecule has 1 atom stereocenters. The summed E-state index contributed by atoms with van der Waals surface area (Å²) in [6.07, 6.45) is 2.48. The molecule has 17 heavy (non-hydrogen) atoms. The molecular weight excluding hydrogens is 214 g/mol. The summed E-state index contributed by atoms with van der Waals surface area (Å²) >= 11 is 0. The summed E-state index contributed by atoms with van der Waals surface area (Å²) in [4.78, 5) is 2.35. The summed E-state index contributed by atoms with van der Waals surface area (Å²) in [6, 6.07) is 8.20. The highest BCUT2D eigenvalue weighted by Gasteiger charge is 2.22. The molecular formula is C14H21NO2. The number of likely N-dealkylation sites (tertiary alicyclic amines) is 1. The van der Waals surface area contributed by atoms with E-state index in [0.29, 0.717) is 6.61 Å². The van der Waals surface area contributed by atoms with Crippen LogP contribution in [0.5, 0.6) is 5.75 Å². The zero-order valence-corrected chi connectivity index (χ0v) is 10.4. The van der Waals surface area contributed by atoms with Gasteiger partial charge in [-0.25, -0.2) is 0 Å². The van der Waals surface area contributed by atoms with E-state index < -0.39 is 0 Å². The van der Waals surface area contributed by atoms with Gasteiger partial charge in [-0.3, -0.25) is 4.90 Å². The van der Waals surface area contributed by atoms with Crippen LogP contribution < -0.4 is 4.74 Å². The summed E-state index contributed by atoms with van der Waals surface area (Å²) in [7, 11) is 0. The fraction of sp³-hybridized carbons (Fsp3) is 0.571. The van der Waals surface area contributed by atoms with Crippen LogP contribution in [0.3, 0.4) is 0 Å². The number of rotatable bonds is 5. The lowest BCUT2D eigenvalue weighted by molar-refractivity contribution is 0.147. The molecule has 0 aromatic heterocycles. The second-order valence-electron chi connectivity index (χ2n) is 4.45. The van der Waals surface area contributed by atoms with Crippen molar-refractivity contribution in [2.24, 2.45) is 0 Å². The molecule has 0 spiro atoms. The van der Waals surface area contributed by atoms with Crippen molar-refractivity contribution < 1.29 is 9.84 Å². The Morgan fingerprint density at radius 1 is 1.35 bits per heavy atom. The van der Waals surface area contributed by atoms with Crippen LogP contribution in [0.25, 0.3) is 0 Å². The van der Waals surface area contributed by atoms with Crippen molar-refractivity contribution in [2.75, 3.05) is 26.3 Å². The van der Waals surface area contributed by atoms with Crippen molar-refractivity contribution in [3.05, 3.63) is 29.8 Å². The van der Waals surface area contributed by atoms with Crippen molar-refractivity contribution in [3.8, 4) is 5.75 Å². The molecule has 2 rings (SSSR count). The average molecular weight is 235 g/mol. The third-order valence-corrected chi connectivity index (χ3v) is 3.31. The molecule has 0 bridgehead atoms. The Morgan fingerprint density at radius 2 is 2.12 bits per heavy atom. The summed E-state index contributed by atoms with van der Waals surface area (Å²) in [5.74, 6) is 0.891. The third kappa shape index (κ3) is 2.99. The van der Waals surface area contributed by atoms with E-state index in [2.05, 4.69) is 11.0 Å². The molecule has 94 valence electrons. The lowest BCUT2D eigenvalue weighted by Crippen LogP contribution is -2.28. The molecule has 1 aliphatic rings. The van der Waals surface area contributed by atoms with Gasteiger partial charge >= 0.3 is 0 Å². The van der Waals surface area contributed by atoms with Gasteiger partial charge in [0, 0.05) is 0 Å². The number of nitrogens with zero attached hydrogens (tertiary/aromatic N) is 1. The predicted molar refractivity (Wildman–Crippen MR) is 68.2 cm³/mol. The molecule has 0 radical (unpaired) electrons. The van der Waals surface area contributed by atoms with Crippen molar-refractivity contribution in [2.45, 2.75) is 25.8 Å². The van der Waals surface area contributed by atoms with Gasteiger partial charge in [-0.1, -0.05) is 12.1 Å². The molecule has 3 heteroatoms. The van der Waals surface area contributed by atoms with E-state index in [0.717, 1.165) is 24.4 Å². The maximum atomic E-state index is 9.58. The molecule has 1 N–H and O–H groups in total. The minimum atomic E-state index is 0.123. The van der Waals surface area contributed by atoms with Crippen LogP contribution in [0.15, 0.2) is 24.3 Å². The maximum Gasteiger partial charge on any atom is 0.119 e. The molecule has 1 aliphatic heterocycles. The molecule has 0 saturated carbocycles. The molecule has 1 aromatic carbocycles. The minimum absolute atomic E-state index is 0.123. The third-order valence-electron chi connectivity index (χ3n) is 3.31. The Kier molecular flexibility index (Phi) is 4.40. The number of aliphatic hydroxyl groups is 1. The zero-order valence-electron chi connectivity index (χ0n) is 10.4. The monoisotopic (exact) mass is 235 g/mol. The van der Waals surface area contributed by atoms with Crippen LogP contribution in [0.4, 0.5) is 0 Å². The molecule has 3 nitrogen and oxygen atoms in total. The first-order valence-electron chi connectivity index (χ1n) is 6.43. The summed E-state index contributed by atoms with van der Waals surface area (Å²) in [5, 5.41) is 9.58. The van der Waals surface area contributed by atoms with Gasteiger partial charge in [0.25, 0.3) is 0 Å². The molecule has 1 unspecified atom stereocenters. The Bertz CT molecular complexity index is 348. The van der Waals surface area contributed by atoms with Gasteiger partial charge in [0.2, 0.25) is 0 Å². The van der Waals surface area contributed by atoms with Crippen LogP contribution in [0.2, 0.25) is 0 Å². The van der Waals surface area contributed by atoms with Crippen molar-refractivity contribution >= 4 is 0 Å². The second-order valence-corrected chi connectivity index (χ2v) is 4.45. The van der Waals surface area contributed by atoms with Gasteiger partial charge < -0.3 is 9.84 Å². The van der Waals surface area contributed by atoms with Gasteiger partial charge in [-0.2, -0.15) is 0 Å². The molecule has 1 heterocycles. The van der Waals surface area contributed by atoms with Crippen LogP contribution in [0, 0.1) is 0 Å². The van der Waals surface area contributed by atoms with E-state index in [1.165, 1.54) is 12.8 Å². The fourth-order valence-electron chi connectivity index (χ4n) is 2.46. The van der Waals surface area contributed by atoms with Gasteiger partial charge in [0.05, 0.1) is 19.3 Å².